The summed E-state index contributed by atoms with van der Waals surface area (Å²) in [6.07, 6.45) is 0. The molecule has 0 unspecified atom stereocenters. The molecule has 0 aliphatic heterocycles. The van der Waals surface area contributed by atoms with Crippen molar-refractivity contribution in [3.05, 3.63) is 130 Å². The molecule has 0 aromatic heterocycles. The number of fused-ring (bicyclic) bond motifs is 2. The lowest BCUT2D eigenvalue weighted by molar-refractivity contribution is 0.590. The number of rotatable bonds is 3. The minimum Gasteiger partial charge on any atom is -0.0579 e. The molecule has 0 bridgehead atoms. The predicted molar refractivity (Wildman–Crippen MR) is 185 cm³/mol. The smallest absolute Gasteiger partial charge is 0.00268 e. The van der Waals surface area contributed by atoms with Crippen molar-refractivity contribution < 1.29 is 0 Å². The molecule has 0 atom stereocenters. The third-order valence-electron chi connectivity index (χ3n) is 8.92. The Kier molecular flexibility index (Phi) is 6.85. The lowest BCUT2D eigenvalue weighted by Gasteiger charge is -2.20. The molecule has 0 saturated carbocycles. The SMILES string of the molecule is Cc1cc(C)c(-c2ccc3c(-c4ccc(C(C)(C)C)cc4)c4ccc(-c5c(C)cc(C)cc5C)cc4cc3c2)c(C)c1. The highest BCUT2D eigenvalue weighted by Gasteiger charge is 2.17. The molecule has 0 saturated heterocycles. The Hall–Kier alpha value is -4.16. The summed E-state index contributed by atoms with van der Waals surface area (Å²) in [6, 6.07) is 35.0. The average molecular weight is 547 g/mol. The van der Waals surface area contributed by atoms with Crippen LogP contribution < -0.4 is 0 Å². The van der Waals surface area contributed by atoms with Crippen LogP contribution in [0.3, 0.4) is 0 Å². The average Bonchev–Trinajstić information content (AvgIpc) is 2.90. The van der Waals surface area contributed by atoms with Gasteiger partial charge in [-0.1, -0.05) is 105 Å². The van der Waals surface area contributed by atoms with E-state index >= 15 is 0 Å². The second-order valence-electron chi connectivity index (χ2n) is 13.5. The predicted octanol–water partition coefficient (Wildman–Crippen LogP) is 12.1. The zero-order chi connectivity index (χ0) is 29.9. The van der Waals surface area contributed by atoms with Crippen LogP contribution in [-0.2, 0) is 5.41 Å². The molecule has 0 fully saturated rings. The molecule has 6 rings (SSSR count). The van der Waals surface area contributed by atoms with Gasteiger partial charge in [-0.25, -0.2) is 0 Å². The highest BCUT2D eigenvalue weighted by Crippen LogP contribution is 2.41. The van der Waals surface area contributed by atoms with E-state index in [1.807, 2.05) is 0 Å². The second-order valence-corrected chi connectivity index (χ2v) is 13.5. The highest BCUT2D eigenvalue weighted by atomic mass is 14.2. The van der Waals surface area contributed by atoms with Crippen LogP contribution in [0.1, 0.15) is 59.7 Å². The Labute approximate surface area is 252 Å². The fraction of sp³-hybridized carbons (Fsp3) is 0.238. The number of hydrogen-bond donors (Lipinski definition) is 0. The molecular formula is C42H42. The normalized spacial score (nSPS) is 11.9. The monoisotopic (exact) mass is 546 g/mol. The van der Waals surface area contributed by atoms with Gasteiger partial charge in [-0.05, 0) is 148 Å². The third kappa shape index (κ3) is 4.94. The minimum absolute atomic E-state index is 0.122. The van der Waals surface area contributed by atoms with E-state index in [1.54, 1.807) is 0 Å². The first-order valence-electron chi connectivity index (χ1n) is 15.2. The van der Waals surface area contributed by atoms with Gasteiger partial charge in [0.05, 0.1) is 0 Å². The van der Waals surface area contributed by atoms with E-state index in [2.05, 4.69) is 153 Å². The standard InChI is InChI=1S/C42H42/c1-25-18-27(3)39(28(4)19-25)32-12-16-37-34(22-32)24-35-23-33(40-29(5)20-26(2)21-30(40)6)13-17-38(35)41(37)31-10-14-36(15-11-31)42(7,8)9/h10-24H,1-9H3. The Morgan fingerprint density at radius 1 is 0.381 bits per heavy atom. The van der Waals surface area contributed by atoms with Crippen molar-refractivity contribution in [2.75, 3.05) is 0 Å². The van der Waals surface area contributed by atoms with Crippen molar-refractivity contribution in [3.8, 4) is 33.4 Å². The fourth-order valence-electron chi connectivity index (χ4n) is 7.16. The molecule has 0 nitrogen and oxygen atoms in total. The van der Waals surface area contributed by atoms with Gasteiger partial charge in [-0.2, -0.15) is 0 Å². The molecule has 42 heavy (non-hydrogen) atoms. The Morgan fingerprint density at radius 2 is 0.762 bits per heavy atom. The summed E-state index contributed by atoms with van der Waals surface area (Å²) in [4.78, 5) is 0. The molecule has 0 aliphatic carbocycles. The maximum absolute atomic E-state index is 2.41. The summed E-state index contributed by atoms with van der Waals surface area (Å²) in [5.41, 5.74) is 17.3. The lowest BCUT2D eigenvalue weighted by Crippen LogP contribution is -2.10. The summed E-state index contributed by atoms with van der Waals surface area (Å²) in [5, 5.41) is 5.16. The zero-order valence-corrected chi connectivity index (χ0v) is 26.7. The first kappa shape index (κ1) is 28.0. The van der Waals surface area contributed by atoms with Crippen molar-refractivity contribution in [2.45, 2.75) is 67.7 Å². The molecule has 210 valence electrons. The van der Waals surface area contributed by atoms with E-state index in [4.69, 9.17) is 0 Å². The Morgan fingerprint density at radius 3 is 1.14 bits per heavy atom. The van der Waals surface area contributed by atoms with Crippen LogP contribution in [-0.4, -0.2) is 0 Å². The topological polar surface area (TPSA) is 0 Å². The van der Waals surface area contributed by atoms with Crippen LogP contribution in [0.25, 0.3) is 54.9 Å². The van der Waals surface area contributed by atoms with E-state index in [0.29, 0.717) is 0 Å². The molecule has 0 spiro atoms. The maximum Gasteiger partial charge on any atom is -0.00268 e. The van der Waals surface area contributed by atoms with Crippen molar-refractivity contribution >= 4 is 21.5 Å². The van der Waals surface area contributed by atoms with E-state index in [0.717, 1.165) is 0 Å². The van der Waals surface area contributed by atoms with E-state index < -0.39 is 0 Å². The van der Waals surface area contributed by atoms with Gasteiger partial charge in [0.25, 0.3) is 0 Å². The fourth-order valence-corrected chi connectivity index (χ4v) is 7.16. The van der Waals surface area contributed by atoms with Crippen LogP contribution in [0.2, 0.25) is 0 Å². The quantitative estimate of drug-likeness (QED) is 0.194. The van der Waals surface area contributed by atoms with Crippen molar-refractivity contribution in [1.29, 1.82) is 0 Å². The second kappa shape index (κ2) is 10.3. The van der Waals surface area contributed by atoms with E-state index in [-0.39, 0.29) is 5.41 Å². The summed E-state index contributed by atoms with van der Waals surface area (Å²) in [7, 11) is 0. The summed E-state index contributed by atoms with van der Waals surface area (Å²) in [6.45, 7) is 20.2. The van der Waals surface area contributed by atoms with Crippen molar-refractivity contribution in [2.24, 2.45) is 0 Å². The summed E-state index contributed by atoms with van der Waals surface area (Å²) in [5.74, 6) is 0. The Bertz CT molecular complexity index is 1830. The highest BCUT2D eigenvalue weighted by molar-refractivity contribution is 6.14. The van der Waals surface area contributed by atoms with E-state index in [1.165, 1.54) is 93.9 Å². The number of hydrogen-bond acceptors (Lipinski definition) is 0. The molecule has 0 heterocycles. The summed E-state index contributed by atoms with van der Waals surface area (Å²) < 4.78 is 0. The Balaban J connectivity index is 1.64. The molecule has 6 aromatic rings. The van der Waals surface area contributed by atoms with Crippen molar-refractivity contribution in [1.82, 2.24) is 0 Å². The zero-order valence-electron chi connectivity index (χ0n) is 26.7. The van der Waals surface area contributed by atoms with Gasteiger partial charge in [0.15, 0.2) is 0 Å². The van der Waals surface area contributed by atoms with Gasteiger partial charge in [0.2, 0.25) is 0 Å². The molecular weight excluding hydrogens is 504 g/mol. The van der Waals surface area contributed by atoms with Gasteiger partial charge < -0.3 is 0 Å². The largest absolute Gasteiger partial charge is 0.0579 e. The molecule has 0 N–H and O–H groups in total. The van der Waals surface area contributed by atoms with Gasteiger partial charge in [0.1, 0.15) is 0 Å². The van der Waals surface area contributed by atoms with Crippen LogP contribution in [0.15, 0.2) is 91.0 Å². The minimum atomic E-state index is 0.122. The molecule has 6 aromatic carbocycles. The molecule has 0 aliphatic rings. The number of benzene rings is 6. The molecule has 0 radical (unpaired) electrons. The van der Waals surface area contributed by atoms with Crippen molar-refractivity contribution in [3.63, 3.8) is 0 Å². The third-order valence-corrected chi connectivity index (χ3v) is 8.92. The van der Waals surface area contributed by atoms with Gasteiger partial charge >= 0.3 is 0 Å². The first-order valence-corrected chi connectivity index (χ1v) is 15.2. The van der Waals surface area contributed by atoms with Gasteiger partial charge in [0, 0.05) is 0 Å². The van der Waals surface area contributed by atoms with E-state index in [9.17, 15) is 0 Å². The molecule has 0 heteroatoms. The van der Waals surface area contributed by atoms with Gasteiger partial charge in [-0.3, -0.25) is 0 Å². The van der Waals surface area contributed by atoms with Crippen LogP contribution in [0.5, 0.6) is 0 Å². The van der Waals surface area contributed by atoms with Crippen LogP contribution >= 0.6 is 0 Å². The van der Waals surface area contributed by atoms with Crippen LogP contribution in [0, 0.1) is 41.5 Å². The number of aryl methyl sites for hydroxylation is 6. The first-order chi connectivity index (χ1) is 19.9. The summed E-state index contributed by atoms with van der Waals surface area (Å²) >= 11 is 0. The maximum atomic E-state index is 2.41. The molecule has 0 amide bonds. The van der Waals surface area contributed by atoms with Gasteiger partial charge in [-0.15, -0.1) is 0 Å². The lowest BCUT2D eigenvalue weighted by atomic mass is 9.84. The van der Waals surface area contributed by atoms with Crippen LogP contribution in [0.4, 0.5) is 0 Å².